The molecule has 1 N–H and O–H groups in total. The minimum Gasteiger partial charge on any atom is -0.507 e. The van der Waals surface area contributed by atoms with Gasteiger partial charge in [0.15, 0.2) is 0 Å². The van der Waals surface area contributed by atoms with Crippen LogP contribution >= 0.6 is 0 Å². The predicted octanol–water partition coefficient (Wildman–Crippen LogP) is 5.45. The Kier molecular flexibility index (Phi) is 5.64. The molecule has 4 aromatic rings. The second-order valence-electron chi connectivity index (χ2n) is 8.05. The third kappa shape index (κ3) is 3.73. The molecule has 1 saturated heterocycles. The van der Waals surface area contributed by atoms with Crippen LogP contribution in [0.5, 0.6) is 5.75 Å². The van der Waals surface area contributed by atoms with Crippen molar-refractivity contribution in [3.8, 4) is 5.75 Å². The molecule has 170 valence electrons. The summed E-state index contributed by atoms with van der Waals surface area (Å²) in [5.41, 5.74) is 1.30. The van der Waals surface area contributed by atoms with E-state index >= 15 is 0 Å². The minimum absolute atomic E-state index is 0.0114. The molecule has 3 aromatic carbocycles. The van der Waals surface area contributed by atoms with E-state index in [0.29, 0.717) is 23.7 Å². The maximum Gasteiger partial charge on any atom is 0.296 e. The Hall–Kier alpha value is -4.32. The zero-order chi connectivity index (χ0) is 23.7. The number of amides is 1. The highest BCUT2D eigenvalue weighted by Crippen LogP contribution is 2.41. The lowest BCUT2D eigenvalue weighted by Gasteiger charge is -2.23. The number of aliphatic hydroxyl groups excluding tert-OH is 1. The van der Waals surface area contributed by atoms with Crippen LogP contribution in [0.4, 0.5) is 0 Å². The van der Waals surface area contributed by atoms with Gasteiger partial charge in [-0.25, -0.2) is 0 Å². The lowest BCUT2D eigenvalue weighted by Crippen LogP contribution is -2.29. The van der Waals surface area contributed by atoms with Crippen molar-refractivity contribution in [1.29, 1.82) is 0 Å². The monoisotopic (exact) mass is 453 g/mol. The Balaban J connectivity index is 1.63. The Morgan fingerprint density at radius 1 is 1.00 bits per heavy atom. The van der Waals surface area contributed by atoms with Crippen LogP contribution in [-0.2, 0) is 16.1 Å². The van der Waals surface area contributed by atoms with Crippen molar-refractivity contribution < 1.29 is 23.8 Å². The number of carbonyl (C=O) groups is 2. The molecule has 0 bridgehead atoms. The number of rotatable bonds is 6. The number of fused-ring (bicyclic) bond motifs is 1. The average Bonchev–Trinajstić information content (AvgIpc) is 3.47. The van der Waals surface area contributed by atoms with Gasteiger partial charge in [0.2, 0.25) is 0 Å². The first-order valence-corrected chi connectivity index (χ1v) is 11.1. The van der Waals surface area contributed by atoms with E-state index in [0.717, 1.165) is 16.3 Å². The summed E-state index contributed by atoms with van der Waals surface area (Å²) in [5.74, 6) is -0.566. The molecule has 6 nitrogen and oxygen atoms in total. The molecule has 1 aliphatic heterocycles. The first-order valence-electron chi connectivity index (χ1n) is 11.1. The molecule has 0 aliphatic carbocycles. The van der Waals surface area contributed by atoms with Crippen molar-refractivity contribution in [3.63, 3.8) is 0 Å². The van der Waals surface area contributed by atoms with Crippen LogP contribution in [0, 0.1) is 0 Å². The van der Waals surface area contributed by atoms with Crippen LogP contribution in [0.2, 0.25) is 0 Å². The maximum absolute atomic E-state index is 13.3. The molecule has 1 unspecified atom stereocenters. The number of hydrogen-bond acceptors (Lipinski definition) is 5. The van der Waals surface area contributed by atoms with E-state index in [9.17, 15) is 14.7 Å². The first-order chi connectivity index (χ1) is 16.6. The summed E-state index contributed by atoms with van der Waals surface area (Å²) in [6.45, 7) is 2.57. The summed E-state index contributed by atoms with van der Waals surface area (Å²) >= 11 is 0. The normalized spacial score (nSPS) is 17.4. The molecule has 1 atom stereocenters. The zero-order valence-electron chi connectivity index (χ0n) is 18.6. The fourth-order valence-electron chi connectivity index (χ4n) is 4.46. The molecule has 1 amide bonds. The standard InChI is InChI=1S/C28H23NO5/c1-2-33-20-11-5-8-18(16-20)17-29-25(23-14-7-15-34-23)24(27(31)28(29)32)26(30)22-13-6-10-19-9-3-4-12-21(19)22/h3-16,25,30H,2,17H2,1H3/b26-24-. The number of hydrogen-bond donors (Lipinski definition) is 1. The molecule has 1 aliphatic rings. The maximum atomic E-state index is 13.3. The quantitative estimate of drug-likeness (QED) is 0.238. The number of ketones is 1. The Morgan fingerprint density at radius 2 is 1.79 bits per heavy atom. The van der Waals surface area contributed by atoms with E-state index in [1.165, 1.54) is 11.2 Å². The highest BCUT2D eigenvalue weighted by Gasteiger charge is 2.47. The molecular formula is C28H23NO5. The third-order valence-corrected chi connectivity index (χ3v) is 5.96. The van der Waals surface area contributed by atoms with Crippen LogP contribution in [-0.4, -0.2) is 28.3 Å². The summed E-state index contributed by atoms with van der Waals surface area (Å²) in [4.78, 5) is 27.9. The Labute approximate surface area is 196 Å². The van der Waals surface area contributed by atoms with E-state index in [2.05, 4.69) is 0 Å². The predicted molar refractivity (Wildman–Crippen MR) is 128 cm³/mol. The number of ether oxygens (including phenoxy) is 1. The lowest BCUT2D eigenvalue weighted by atomic mass is 9.96. The Bertz CT molecular complexity index is 1400. The zero-order valence-corrected chi connectivity index (χ0v) is 18.6. The number of Topliss-reactive ketones (excluding diaryl/α,β-unsaturated/α-hetero) is 1. The van der Waals surface area contributed by atoms with Crippen molar-refractivity contribution in [2.75, 3.05) is 6.61 Å². The van der Waals surface area contributed by atoms with Crippen molar-refractivity contribution >= 4 is 28.2 Å². The second-order valence-corrected chi connectivity index (χ2v) is 8.05. The number of benzene rings is 3. The Morgan fingerprint density at radius 3 is 2.59 bits per heavy atom. The van der Waals surface area contributed by atoms with Gasteiger partial charge < -0.3 is 19.2 Å². The van der Waals surface area contributed by atoms with Gasteiger partial charge in [0.05, 0.1) is 18.4 Å². The number of carbonyl (C=O) groups excluding carboxylic acids is 2. The lowest BCUT2D eigenvalue weighted by molar-refractivity contribution is -0.140. The summed E-state index contributed by atoms with van der Waals surface area (Å²) in [6, 6.07) is 23.0. The molecule has 2 heterocycles. The first kappa shape index (κ1) is 21.5. The molecular weight excluding hydrogens is 430 g/mol. The van der Waals surface area contributed by atoms with Gasteiger partial charge in [-0.05, 0) is 47.5 Å². The molecule has 34 heavy (non-hydrogen) atoms. The minimum atomic E-state index is -0.857. The third-order valence-electron chi connectivity index (χ3n) is 5.96. The van der Waals surface area contributed by atoms with Crippen LogP contribution in [0.25, 0.3) is 16.5 Å². The number of likely N-dealkylation sites (tertiary alicyclic amines) is 1. The van der Waals surface area contributed by atoms with E-state index in [1.807, 2.05) is 67.6 Å². The van der Waals surface area contributed by atoms with E-state index in [-0.39, 0.29) is 17.9 Å². The smallest absolute Gasteiger partial charge is 0.296 e. The molecule has 0 saturated carbocycles. The van der Waals surface area contributed by atoms with Gasteiger partial charge in [-0.1, -0.05) is 54.6 Å². The highest BCUT2D eigenvalue weighted by atomic mass is 16.5. The molecule has 1 aromatic heterocycles. The number of furan rings is 1. The largest absolute Gasteiger partial charge is 0.507 e. The topological polar surface area (TPSA) is 80.0 Å². The van der Waals surface area contributed by atoms with Gasteiger partial charge in [0.1, 0.15) is 23.3 Å². The van der Waals surface area contributed by atoms with Gasteiger partial charge in [-0.3, -0.25) is 9.59 Å². The van der Waals surface area contributed by atoms with Crippen molar-refractivity contribution in [2.45, 2.75) is 19.5 Å². The van der Waals surface area contributed by atoms with Gasteiger partial charge in [-0.2, -0.15) is 0 Å². The van der Waals surface area contributed by atoms with E-state index in [1.54, 1.807) is 18.2 Å². The number of aliphatic hydroxyl groups is 1. The van der Waals surface area contributed by atoms with E-state index < -0.39 is 17.7 Å². The van der Waals surface area contributed by atoms with Crippen LogP contribution < -0.4 is 4.74 Å². The molecule has 0 radical (unpaired) electrons. The van der Waals surface area contributed by atoms with Crippen LogP contribution in [0.3, 0.4) is 0 Å². The van der Waals surface area contributed by atoms with Gasteiger partial charge >= 0.3 is 0 Å². The highest BCUT2D eigenvalue weighted by molar-refractivity contribution is 6.46. The average molecular weight is 453 g/mol. The van der Waals surface area contributed by atoms with Gasteiger partial charge in [-0.15, -0.1) is 0 Å². The van der Waals surface area contributed by atoms with Crippen molar-refractivity contribution in [3.05, 3.63) is 108 Å². The van der Waals surface area contributed by atoms with E-state index in [4.69, 9.17) is 9.15 Å². The van der Waals surface area contributed by atoms with Crippen LogP contribution in [0.1, 0.15) is 29.9 Å². The van der Waals surface area contributed by atoms with Crippen molar-refractivity contribution in [2.24, 2.45) is 0 Å². The van der Waals surface area contributed by atoms with Crippen LogP contribution in [0.15, 0.2) is 95.1 Å². The molecule has 1 fully saturated rings. The summed E-state index contributed by atoms with van der Waals surface area (Å²) in [6.07, 6.45) is 1.49. The molecule has 0 spiro atoms. The summed E-state index contributed by atoms with van der Waals surface area (Å²) in [7, 11) is 0. The van der Waals surface area contributed by atoms with Gasteiger partial charge in [0.25, 0.3) is 11.7 Å². The molecule has 5 rings (SSSR count). The summed E-state index contributed by atoms with van der Waals surface area (Å²) in [5, 5.41) is 13.1. The van der Waals surface area contributed by atoms with Crippen molar-refractivity contribution in [1.82, 2.24) is 4.90 Å². The SMILES string of the molecule is CCOc1cccc(CN2C(=O)C(=O)/C(=C(\O)c3cccc4ccccc34)C2c2ccco2)c1. The molecule has 6 heteroatoms. The summed E-state index contributed by atoms with van der Waals surface area (Å²) < 4.78 is 11.2. The fraction of sp³-hybridized carbons (Fsp3) is 0.143. The van der Waals surface area contributed by atoms with Gasteiger partial charge in [0, 0.05) is 12.1 Å². The number of nitrogens with zero attached hydrogens (tertiary/aromatic N) is 1. The second kappa shape index (κ2) is 8.90. The fourth-order valence-corrected chi connectivity index (χ4v) is 4.46.